The molecule has 0 unspecified atom stereocenters. The van der Waals surface area contributed by atoms with Gasteiger partial charge in [0.15, 0.2) is 0 Å². The standard InChI is InChI=1S/C18H25N5O4/c1-4-6-13(23-9-7-22(3)8-10-23)21-27-18-19-16(25)15-12(5-2)11-14(24)26-17(15)20-18/h11H,4-10H2,1-3H3,(H,19,20,25)/b21-13+. The van der Waals surface area contributed by atoms with Gasteiger partial charge < -0.3 is 19.1 Å². The van der Waals surface area contributed by atoms with E-state index in [4.69, 9.17) is 9.25 Å². The van der Waals surface area contributed by atoms with Crippen molar-refractivity contribution >= 4 is 16.9 Å². The van der Waals surface area contributed by atoms with Gasteiger partial charge in [-0.05, 0) is 25.5 Å². The number of aromatic amines is 1. The van der Waals surface area contributed by atoms with Gasteiger partial charge in [-0.15, -0.1) is 0 Å². The summed E-state index contributed by atoms with van der Waals surface area (Å²) in [5.74, 6) is 0.817. The van der Waals surface area contributed by atoms with Gasteiger partial charge in [-0.2, -0.15) is 4.98 Å². The van der Waals surface area contributed by atoms with Crippen LogP contribution < -0.4 is 16.0 Å². The molecule has 27 heavy (non-hydrogen) atoms. The molecule has 0 aliphatic carbocycles. The molecular formula is C18H25N5O4. The van der Waals surface area contributed by atoms with Crippen LogP contribution >= 0.6 is 0 Å². The Kier molecular flexibility index (Phi) is 5.90. The number of nitrogens with one attached hydrogen (secondary N) is 1. The van der Waals surface area contributed by atoms with E-state index in [-0.39, 0.29) is 17.1 Å². The Labute approximate surface area is 156 Å². The van der Waals surface area contributed by atoms with Crippen molar-refractivity contribution in [1.29, 1.82) is 0 Å². The Balaban J connectivity index is 1.89. The van der Waals surface area contributed by atoms with Crippen LogP contribution in [0.3, 0.4) is 0 Å². The highest BCUT2D eigenvalue weighted by molar-refractivity contribution is 5.82. The van der Waals surface area contributed by atoms with Crippen molar-refractivity contribution in [3.05, 3.63) is 32.4 Å². The molecular weight excluding hydrogens is 350 g/mol. The van der Waals surface area contributed by atoms with E-state index in [0.29, 0.717) is 12.0 Å². The Morgan fingerprint density at radius 2 is 2.04 bits per heavy atom. The average Bonchev–Trinajstić information content (AvgIpc) is 2.64. The fraction of sp³-hybridized carbons (Fsp3) is 0.556. The first-order valence-corrected chi connectivity index (χ1v) is 9.26. The van der Waals surface area contributed by atoms with Crippen molar-refractivity contribution < 1.29 is 9.25 Å². The lowest BCUT2D eigenvalue weighted by Gasteiger charge is -2.34. The maximum absolute atomic E-state index is 12.4. The van der Waals surface area contributed by atoms with Crippen LogP contribution in [0.25, 0.3) is 11.1 Å². The highest BCUT2D eigenvalue weighted by Gasteiger charge is 2.18. The first-order chi connectivity index (χ1) is 13.0. The number of fused-ring (bicyclic) bond motifs is 1. The lowest BCUT2D eigenvalue weighted by atomic mass is 10.1. The lowest BCUT2D eigenvalue weighted by molar-refractivity contribution is 0.205. The molecule has 1 saturated heterocycles. The van der Waals surface area contributed by atoms with Gasteiger partial charge in [-0.1, -0.05) is 19.0 Å². The minimum Gasteiger partial charge on any atom is -0.403 e. The van der Waals surface area contributed by atoms with Crippen molar-refractivity contribution in [2.45, 2.75) is 33.1 Å². The van der Waals surface area contributed by atoms with Crippen molar-refractivity contribution in [2.24, 2.45) is 5.16 Å². The number of likely N-dealkylation sites (N-methyl/N-ethyl adjacent to an activating group) is 1. The number of hydrogen-bond acceptors (Lipinski definition) is 7. The number of oxime groups is 1. The number of aryl methyl sites for hydroxylation is 1. The number of rotatable bonds is 5. The van der Waals surface area contributed by atoms with E-state index in [2.05, 4.69) is 38.9 Å². The highest BCUT2D eigenvalue weighted by atomic mass is 16.6. The number of amidine groups is 1. The Bertz CT molecular complexity index is 941. The van der Waals surface area contributed by atoms with Crippen molar-refractivity contribution in [3.8, 4) is 6.01 Å². The van der Waals surface area contributed by atoms with Gasteiger partial charge >= 0.3 is 11.6 Å². The Morgan fingerprint density at radius 3 is 2.70 bits per heavy atom. The third kappa shape index (κ3) is 4.36. The predicted octanol–water partition coefficient (Wildman–Crippen LogP) is 1.18. The number of H-pyrrole nitrogens is 1. The summed E-state index contributed by atoms with van der Waals surface area (Å²) in [5.41, 5.74) is -0.405. The molecule has 0 spiro atoms. The Morgan fingerprint density at radius 1 is 1.30 bits per heavy atom. The monoisotopic (exact) mass is 375 g/mol. The van der Waals surface area contributed by atoms with E-state index >= 15 is 0 Å². The molecule has 1 fully saturated rings. The van der Waals surface area contributed by atoms with Gasteiger partial charge in [0, 0.05) is 38.7 Å². The van der Waals surface area contributed by atoms with Gasteiger partial charge in [0.05, 0.1) is 0 Å². The molecule has 2 aromatic rings. The zero-order valence-corrected chi connectivity index (χ0v) is 15.9. The molecule has 1 N–H and O–H groups in total. The fourth-order valence-electron chi connectivity index (χ4n) is 3.10. The van der Waals surface area contributed by atoms with Gasteiger partial charge in [-0.3, -0.25) is 9.78 Å². The molecule has 9 heteroatoms. The van der Waals surface area contributed by atoms with E-state index in [1.54, 1.807) is 0 Å². The van der Waals surface area contributed by atoms with Crippen molar-refractivity contribution in [1.82, 2.24) is 19.8 Å². The van der Waals surface area contributed by atoms with Crippen LogP contribution in [0.4, 0.5) is 0 Å². The van der Waals surface area contributed by atoms with E-state index < -0.39 is 11.2 Å². The summed E-state index contributed by atoms with van der Waals surface area (Å²) >= 11 is 0. The van der Waals surface area contributed by atoms with E-state index in [0.717, 1.165) is 44.9 Å². The first kappa shape index (κ1) is 19.1. The molecule has 1 aliphatic heterocycles. The highest BCUT2D eigenvalue weighted by Crippen LogP contribution is 2.14. The zero-order valence-electron chi connectivity index (χ0n) is 15.9. The summed E-state index contributed by atoms with van der Waals surface area (Å²) in [6.07, 6.45) is 2.21. The van der Waals surface area contributed by atoms with Crippen molar-refractivity contribution in [3.63, 3.8) is 0 Å². The summed E-state index contributed by atoms with van der Waals surface area (Å²) in [4.78, 5) is 40.6. The van der Waals surface area contributed by atoms with Crippen LogP contribution in [-0.4, -0.2) is 58.8 Å². The number of hydrogen-bond donors (Lipinski definition) is 1. The third-order valence-electron chi connectivity index (χ3n) is 4.64. The molecule has 9 nitrogen and oxygen atoms in total. The summed E-state index contributed by atoms with van der Waals surface area (Å²) in [6.45, 7) is 7.58. The second-order valence-electron chi connectivity index (χ2n) is 6.63. The average molecular weight is 375 g/mol. The molecule has 0 radical (unpaired) electrons. The van der Waals surface area contributed by atoms with Crippen LogP contribution in [-0.2, 0) is 6.42 Å². The smallest absolute Gasteiger partial charge is 0.337 e. The van der Waals surface area contributed by atoms with E-state index in [1.807, 2.05) is 6.92 Å². The molecule has 3 heterocycles. The molecule has 0 atom stereocenters. The maximum atomic E-state index is 12.4. The largest absolute Gasteiger partial charge is 0.403 e. The normalized spacial score (nSPS) is 16.1. The number of nitrogens with zero attached hydrogens (tertiary/aromatic N) is 4. The first-order valence-electron chi connectivity index (χ1n) is 9.26. The van der Waals surface area contributed by atoms with Crippen LogP contribution in [0.15, 0.2) is 25.2 Å². The number of piperazine rings is 1. The lowest BCUT2D eigenvalue weighted by Crippen LogP contribution is -2.47. The SMILES string of the molecule is CCC/C(=N\Oc1nc2oc(=O)cc(CC)c2c(=O)[nH]1)N1CCN(C)CC1. The second-order valence-corrected chi connectivity index (χ2v) is 6.63. The van der Waals surface area contributed by atoms with E-state index in [1.165, 1.54) is 6.07 Å². The summed E-state index contributed by atoms with van der Waals surface area (Å²) < 4.78 is 5.08. The van der Waals surface area contributed by atoms with Crippen molar-refractivity contribution in [2.75, 3.05) is 33.2 Å². The van der Waals surface area contributed by atoms with Crippen LogP contribution in [0.2, 0.25) is 0 Å². The molecule has 3 rings (SSSR count). The molecule has 0 bridgehead atoms. The summed E-state index contributed by atoms with van der Waals surface area (Å²) in [5, 5.41) is 4.48. The van der Waals surface area contributed by atoms with Gasteiger partial charge in [0.2, 0.25) is 5.71 Å². The molecule has 0 saturated carbocycles. The summed E-state index contributed by atoms with van der Waals surface area (Å²) in [6, 6.07) is 1.22. The van der Waals surface area contributed by atoms with Crippen LogP contribution in [0.5, 0.6) is 6.01 Å². The van der Waals surface area contributed by atoms with Gasteiger partial charge in [0.25, 0.3) is 5.56 Å². The maximum Gasteiger partial charge on any atom is 0.337 e. The topological polar surface area (TPSA) is 104 Å². The fourth-order valence-corrected chi connectivity index (χ4v) is 3.10. The zero-order chi connectivity index (χ0) is 19.4. The molecule has 2 aromatic heterocycles. The quantitative estimate of drug-likeness (QED) is 0.475. The minimum atomic E-state index is -0.545. The number of aromatic nitrogens is 2. The Hall–Kier alpha value is -2.68. The molecule has 0 aromatic carbocycles. The second kappa shape index (κ2) is 8.34. The third-order valence-corrected chi connectivity index (χ3v) is 4.64. The van der Waals surface area contributed by atoms with Crippen LogP contribution in [0.1, 0.15) is 32.3 Å². The van der Waals surface area contributed by atoms with Crippen LogP contribution in [0, 0.1) is 0 Å². The minimum absolute atomic E-state index is 0.0371. The predicted molar refractivity (Wildman–Crippen MR) is 102 cm³/mol. The summed E-state index contributed by atoms with van der Waals surface area (Å²) in [7, 11) is 2.09. The van der Waals surface area contributed by atoms with Gasteiger partial charge in [-0.25, -0.2) is 4.79 Å². The molecule has 146 valence electrons. The van der Waals surface area contributed by atoms with Gasteiger partial charge in [0.1, 0.15) is 11.2 Å². The molecule has 0 amide bonds. The molecule has 1 aliphatic rings. The van der Waals surface area contributed by atoms with E-state index in [9.17, 15) is 9.59 Å².